The van der Waals surface area contributed by atoms with Gasteiger partial charge in [-0.05, 0) is 37.9 Å². The van der Waals surface area contributed by atoms with Crippen molar-refractivity contribution in [1.82, 2.24) is 15.5 Å². The van der Waals surface area contributed by atoms with Crippen molar-refractivity contribution in [2.75, 3.05) is 54.0 Å². The van der Waals surface area contributed by atoms with E-state index in [2.05, 4.69) is 67.8 Å². The van der Waals surface area contributed by atoms with Gasteiger partial charge in [0, 0.05) is 56.8 Å². The zero-order valence-electron chi connectivity index (χ0n) is 16.1. The second-order valence-electron chi connectivity index (χ2n) is 6.76. The average Bonchev–Trinajstić information content (AvgIpc) is 3.39. The van der Waals surface area contributed by atoms with E-state index in [0.717, 1.165) is 45.2 Å². The Morgan fingerprint density at radius 1 is 1.27 bits per heavy atom. The van der Waals surface area contributed by atoms with Gasteiger partial charge < -0.3 is 20.3 Å². The van der Waals surface area contributed by atoms with Gasteiger partial charge in [0.25, 0.3) is 0 Å². The number of ether oxygens (including phenoxy) is 1. The normalized spacial score (nSPS) is 15.5. The highest BCUT2D eigenvalue weighted by Gasteiger charge is 2.45. The minimum absolute atomic E-state index is 0. The monoisotopic (exact) mass is 538 g/mol. The Hall–Kier alpha value is -0.380. The first kappa shape index (κ1) is 23.7. The molecule has 0 bridgehead atoms. The van der Waals surface area contributed by atoms with Crippen LogP contribution in [0.1, 0.15) is 24.8 Å². The van der Waals surface area contributed by atoms with Gasteiger partial charge in [0.15, 0.2) is 5.96 Å². The standard InChI is InChI=1S/C19H31BrN4O.HI/c1-21-18(22-11-13-24(2)12-6-14-25-3)23-15-19(9-10-19)16-7-4-5-8-17(16)20;/h4-5,7-8H,6,9-15H2,1-3H3,(H2,21,22,23);1H. The number of hydrogen-bond acceptors (Lipinski definition) is 3. The quantitative estimate of drug-likeness (QED) is 0.208. The lowest BCUT2D eigenvalue weighted by atomic mass is 9.96. The number of nitrogens with one attached hydrogen (secondary N) is 2. The first-order valence-electron chi connectivity index (χ1n) is 8.98. The Labute approximate surface area is 183 Å². The van der Waals surface area contributed by atoms with Crippen molar-refractivity contribution in [1.29, 1.82) is 0 Å². The number of nitrogens with zero attached hydrogens (tertiary/aromatic N) is 2. The predicted molar refractivity (Wildman–Crippen MR) is 124 cm³/mol. The number of rotatable bonds is 10. The molecule has 1 aromatic rings. The molecule has 0 spiro atoms. The number of likely N-dealkylation sites (N-methyl/N-ethyl adjacent to an activating group) is 1. The highest BCUT2D eigenvalue weighted by atomic mass is 127. The Kier molecular flexibility index (Phi) is 11.1. The zero-order chi connectivity index (χ0) is 18.1. The molecule has 0 radical (unpaired) electrons. The third-order valence-corrected chi connectivity index (χ3v) is 5.48. The van der Waals surface area contributed by atoms with Gasteiger partial charge in [0.1, 0.15) is 0 Å². The van der Waals surface area contributed by atoms with Crippen LogP contribution in [0.15, 0.2) is 33.7 Å². The summed E-state index contributed by atoms with van der Waals surface area (Å²) in [5, 5.41) is 6.91. The highest BCUT2D eigenvalue weighted by Crippen LogP contribution is 2.49. The van der Waals surface area contributed by atoms with E-state index >= 15 is 0 Å². The van der Waals surface area contributed by atoms with Gasteiger partial charge in [-0.3, -0.25) is 4.99 Å². The zero-order valence-corrected chi connectivity index (χ0v) is 20.0. The summed E-state index contributed by atoms with van der Waals surface area (Å²) in [4.78, 5) is 6.66. The molecule has 0 atom stereocenters. The van der Waals surface area contributed by atoms with E-state index in [1.54, 1.807) is 7.11 Å². The molecule has 1 aromatic carbocycles. The first-order valence-corrected chi connectivity index (χ1v) is 9.77. The van der Waals surface area contributed by atoms with E-state index in [-0.39, 0.29) is 29.4 Å². The molecule has 1 aliphatic rings. The van der Waals surface area contributed by atoms with Gasteiger partial charge in [-0.15, -0.1) is 24.0 Å². The number of aliphatic imine (C=N–C) groups is 1. The summed E-state index contributed by atoms with van der Waals surface area (Å²) < 4.78 is 6.30. The van der Waals surface area contributed by atoms with Crippen LogP contribution in [0.3, 0.4) is 0 Å². The molecule has 0 aromatic heterocycles. The van der Waals surface area contributed by atoms with Crippen LogP contribution in [0.25, 0.3) is 0 Å². The Balaban J connectivity index is 0.00000338. The van der Waals surface area contributed by atoms with Gasteiger partial charge >= 0.3 is 0 Å². The summed E-state index contributed by atoms with van der Waals surface area (Å²) in [5.41, 5.74) is 1.64. The molecule has 1 aliphatic carbocycles. The smallest absolute Gasteiger partial charge is 0.191 e. The second-order valence-corrected chi connectivity index (χ2v) is 7.62. The summed E-state index contributed by atoms with van der Waals surface area (Å²) in [6.45, 7) is 4.65. The maximum atomic E-state index is 5.09. The van der Waals surface area contributed by atoms with Crippen LogP contribution in [-0.2, 0) is 10.2 Å². The summed E-state index contributed by atoms with van der Waals surface area (Å²) in [6, 6.07) is 8.54. The van der Waals surface area contributed by atoms with E-state index in [0.29, 0.717) is 0 Å². The average molecular weight is 539 g/mol. The molecule has 0 aliphatic heterocycles. The van der Waals surface area contributed by atoms with Gasteiger partial charge in [-0.1, -0.05) is 34.1 Å². The summed E-state index contributed by atoms with van der Waals surface area (Å²) in [6.07, 6.45) is 3.51. The van der Waals surface area contributed by atoms with Crippen LogP contribution in [-0.4, -0.2) is 64.9 Å². The van der Waals surface area contributed by atoms with Crippen molar-refractivity contribution in [3.63, 3.8) is 0 Å². The summed E-state index contributed by atoms with van der Waals surface area (Å²) in [7, 11) is 5.72. The number of benzene rings is 1. The van der Waals surface area contributed by atoms with Crippen molar-refractivity contribution in [3.8, 4) is 0 Å². The minimum atomic E-state index is 0. The number of hydrogen-bond donors (Lipinski definition) is 2. The van der Waals surface area contributed by atoms with Crippen molar-refractivity contribution < 1.29 is 4.74 Å². The molecule has 1 fully saturated rings. The topological polar surface area (TPSA) is 48.9 Å². The molecule has 2 rings (SSSR count). The van der Waals surface area contributed by atoms with Crippen LogP contribution in [0.4, 0.5) is 0 Å². The van der Waals surface area contributed by atoms with E-state index in [1.165, 1.54) is 22.9 Å². The molecule has 7 heteroatoms. The van der Waals surface area contributed by atoms with Gasteiger partial charge in [-0.2, -0.15) is 0 Å². The van der Waals surface area contributed by atoms with E-state index in [9.17, 15) is 0 Å². The number of methoxy groups -OCH3 is 1. The van der Waals surface area contributed by atoms with Crippen LogP contribution in [0, 0.1) is 0 Å². The molecule has 0 heterocycles. The third-order valence-electron chi connectivity index (χ3n) is 4.79. The lowest BCUT2D eigenvalue weighted by Crippen LogP contribution is -2.43. The predicted octanol–water partition coefficient (Wildman–Crippen LogP) is 3.23. The molecule has 148 valence electrons. The lowest BCUT2D eigenvalue weighted by molar-refractivity contribution is 0.180. The molecule has 26 heavy (non-hydrogen) atoms. The van der Waals surface area contributed by atoms with Crippen molar-refractivity contribution >= 4 is 45.9 Å². The van der Waals surface area contributed by atoms with Gasteiger partial charge in [0.05, 0.1) is 0 Å². The van der Waals surface area contributed by atoms with Crippen LogP contribution in [0.2, 0.25) is 0 Å². The second kappa shape index (κ2) is 12.2. The van der Waals surface area contributed by atoms with Crippen molar-refractivity contribution in [3.05, 3.63) is 34.3 Å². The fourth-order valence-electron chi connectivity index (χ4n) is 3.01. The van der Waals surface area contributed by atoms with Crippen molar-refractivity contribution in [2.45, 2.75) is 24.7 Å². The Morgan fingerprint density at radius 3 is 2.62 bits per heavy atom. The first-order chi connectivity index (χ1) is 12.1. The molecular weight excluding hydrogens is 507 g/mol. The number of halogens is 2. The maximum absolute atomic E-state index is 5.09. The molecule has 1 saturated carbocycles. The summed E-state index contributed by atoms with van der Waals surface area (Å²) in [5.74, 6) is 0.878. The SMILES string of the molecule is CN=C(NCCN(C)CCCOC)NCC1(c2ccccc2Br)CC1.I. The molecule has 0 amide bonds. The molecule has 0 unspecified atom stereocenters. The van der Waals surface area contributed by atoms with Crippen LogP contribution < -0.4 is 10.6 Å². The lowest BCUT2D eigenvalue weighted by Gasteiger charge is -2.21. The fourth-order valence-corrected chi connectivity index (χ4v) is 3.72. The third kappa shape index (κ3) is 7.32. The molecule has 0 saturated heterocycles. The molecular formula is C19H32BrIN4O. The fraction of sp³-hybridized carbons (Fsp3) is 0.632. The van der Waals surface area contributed by atoms with Crippen molar-refractivity contribution in [2.24, 2.45) is 4.99 Å². The maximum Gasteiger partial charge on any atom is 0.191 e. The van der Waals surface area contributed by atoms with Crippen LogP contribution in [0.5, 0.6) is 0 Å². The van der Waals surface area contributed by atoms with Gasteiger partial charge in [0.2, 0.25) is 0 Å². The largest absolute Gasteiger partial charge is 0.385 e. The number of guanidine groups is 1. The molecule has 2 N–H and O–H groups in total. The van der Waals surface area contributed by atoms with E-state index in [1.807, 2.05) is 7.05 Å². The van der Waals surface area contributed by atoms with Crippen LogP contribution >= 0.6 is 39.9 Å². The molecule has 5 nitrogen and oxygen atoms in total. The Bertz CT molecular complexity index is 566. The van der Waals surface area contributed by atoms with E-state index < -0.39 is 0 Å². The van der Waals surface area contributed by atoms with E-state index in [4.69, 9.17) is 4.74 Å². The van der Waals surface area contributed by atoms with Gasteiger partial charge in [-0.25, -0.2) is 0 Å². The highest BCUT2D eigenvalue weighted by molar-refractivity contribution is 14.0. The minimum Gasteiger partial charge on any atom is -0.385 e. The summed E-state index contributed by atoms with van der Waals surface area (Å²) >= 11 is 3.69. The Morgan fingerprint density at radius 2 is 2.00 bits per heavy atom.